The molecule has 0 aliphatic heterocycles. The zero-order chi connectivity index (χ0) is 9.52. The van der Waals surface area contributed by atoms with Gasteiger partial charge in [-0.3, -0.25) is 0 Å². The highest BCUT2D eigenvalue weighted by molar-refractivity contribution is 9.10. The van der Waals surface area contributed by atoms with Gasteiger partial charge in [0.1, 0.15) is 5.76 Å². The number of furan rings is 1. The highest BCUT2D eigenvalue weighted by Crippen LogP contribution is 2.18. The van der Waals surface area contributed by atoms with E-state index >= 15 is 0 Å². The first kappa shape index (κ1) is 10.8. The summed E-state index contributed by atoms with van der Waals surface area (Å²) in [5.41, 5.74) is 0. The fourth-order valence-electron chi connectivity index (χ4n) is 1.18. The van der Waals surface area contributed by atoms with Gasteiger partial charge in [-0.2, -0.15) is 0 Å². The molecule has 0 unspecified atom stereocenters. The Morgan fingerprint density at radius 2 is 2.31 bits per heavy atom. The van der Waals surface area contributed by atoms with Crippen molar-refractivity contribution < 1.29 is 4.42 Å². The molecular formula is C10H16BrNO. The molecule has 0 saturated carbocycles. The lowest BCUT2D eigenvalue weighted by Gasteiger charge is -2.01. The van der Waals surface area contributed by atoms with Gasteiger partial charge in [0, 0.05) is 6.42 Å². The van der Waals surface area contributed by atoms with Crippen LogP contribution in [0.1, 0.15) is 25.5 Å². The highest BCUT2D eigenvalue weighted by Gasteiger charge is 2.01. The van der Waals surface area contributed by atoms with Crippen LogP contribution in [-0.2, 0) is 6.42 Å². The van der Waals surface area contributed by atoms with Gasteiger partial charge in [-0.15, -0.1) is 0 Å². The summed E-state index contributed by atoms with van der Waals surface area (Å²) >= 11 is 3.43. The summed E-state index contributed by atoms with van der Waals surface area (Å²) < 4.78 is 6.38. The van der Waals surface area contributed by atoms with Crippen molar-refractivity contribution in [3.05, 3.63) is 22.6 Å². The molecule has 1 heterocycles. The molecule has 74 valence electrons. The van der Waals surface area contributed by atoms with Gasteiger partial charge < -0.3 is 9.73 Å². The summed E-state index contributed by atoms with van der Waals surface area (Å²) in [6.45, 7) is 4.36. The van der Waals surface area contributed by atoms with Gasteiger partial charge in [-0.1, -0.05) is 6.92 Å². The van der Waals surface area contributed by atoms with Crippen molar-refractivity contribution in [1.29, 1.82) is 0 Å². The van der Waals surface area contributed by atoms with Crippen molar-refractivity contribution in [2.75, 3.05) is 13.1 Å². The second kappa shape index (κ2) is 6.22. The van der Waals surface area contributed by atoms with Crippen molar-refractivity contribution in [2.24, 2.45) is 0 Å². The number of nitrogens with one attached hydrogen (secondary N) is 1. The van der Waals surface area contributed by atoms with Crippen LogP contribution < -0.4 is 5.32 Å². The van der Waals surface area contributed by atoms with Crippen LogP contribution in [0.2, 0.25) is 0 Å². The van der Waals surface area contributed by atoms with Crippen LogP contribution in [0.25, 0.3) is 0 Å². The minimum absolute atomic E-state index is 1.00. The smallest absolute Gasteiger partial charge is 0.117 e. The Bertz CT molecular complexity index is 235. The monoisotopic (exact) mass is 245 g/mol. The predicted octanol–water partition coefficient (Wildman–Crippen LogP) is 2.97. The summed E-state index contributed by atoms with van der Waals surface area (Å²) in [5.74, 6) is 1.05. The van der Waals surface area contributed by atoms with Crippen molar-refractivity contribution in [2.45, 2.75) is 26.2 Å². The van der Waals surface area contributed by atoms with Gasteiger partial charge in [0.2, 0.25) is 0 Å². The number of rotatable bonds is 6. The van der Waals surface area contributed by atoms with Crippen molar-refractivity contribution >= 4 is 15.9 Å². The first-order valence-electron chi connectivity index (χ1n) is 4.77. The topological polar surface area (TPSA) is 25.2 Å². The van der Waals surface area contributed by atoms with Gasteiger partial charge >= 0.3 is 0 Å². The summed E-state index contributed by atoms with van der Waals surface area (Å²) in [6.07, 6.45) is 5.06. The molecule has 0 aromatic carbocycles. The maximum atomic E-state index is 5.30. The van der Waals surface area contributed by atoms with Crippen molar-refractivity contribution in [1.82, 2.24) is 5.32 Å². The lowest BCUT2D eigenvalue weighted by atomic mass is 10.2. The van der Waals surface area contributed by atoms with Crippen molar-refractivity contribution in [3.63, 3.8) is 0 Å². The van der Waals surface area contributed by atoms with Gasteiger partial charge in [0.25, 0.3) is 0 Å². The zero-order valence-electron chi connectivity index (χ0n) is 7.98. The van der Waals surface area contributed by atoms with Gasteiger partial charge in [-0.05, 0) is 47.9 Å². The van der Waals surface area contributed by atoms with Crippen LogP contribution in [-0.4, -0.2) is 13.1 Å². The molecular weight excluding hydrogens is 230 g/mol. The fraction of sp³-hybridized carbons (Fsp3) is 0.600. The molecule has 0 fully saturated rings. The average Bonchev–Trinajstić information content (AvgIpc) is 2.52. The molecule has 0 aliphatic carbocycles. The zero-order valence-corrected chi connectivity index (χ0v) is 9.56. The van der Waals surface area contributed by atoms with Crippen LogP contribution in [0.15, 0.2) is 21.2 Å². The Labute approximate surface area is 87.8 Å². The third-order valence-corrected chi connectivity index (χ3v) is 2.58. The fourth-order valence-corrected chi connectivity index (χ4v) is 1.58. The van der Waals surface area contributed by atoms with E-state index in [4.69, 9.17) is 4.42 Å². The molecule has 0 spiro atoms. The van der Waals surface area contributed by atoms with Crippen LogP contribution in [0, 0.1) is 0 Å². The number of aryl methyl sites for hydroxylation is 1. The number of hydrogen-bond acceptors (Lipinski definition) is 2. The number of hydrogen-bond donors (Lipinski definition) is 1. The van der Waals surface area contributed by atoms with E-state index in [1.165, 1.54) is 6.42 Å². The molecule has 13 heavy (non-hydrogen) atoms. The maximum Gasteiger partial charge on any atom is 0.117 e. The molecule has 1 rings (SSSR count). The maximum absolute atomic E-state index is 5.30. The van der Waals surface area contributed by atoms with Crippen LogP contribution >= 0.6 is 15.9 Å². The molecule has 3 heteroatoms. The van der Waals surface area contributed by atoms with E-state index in [9.17, 15) is 0 Å². The van der Waals surface area contributed by atoms with E-state index in [1.54, 1.807) is 6.26 Å². The highest BCUT2D eigenvalue weighted by atomic mass is 79.9. The van der Waals surface area contributed by atoms with Gasteiger partial charge in [0.05, 0.1) is 10.7 Å². The Kier molecular flexibility index (Phi) is 5.16. The molecule has 2 nitrogen and oxygen atoms in total. The second-order valence-corrected chi connectivity index (χ2v) is 3.90. The normalized spacial score (nSPS) is 10.6. The minimum Gasteiger partial charge on any atom is -0.468 e. The lowest BCUT2D eigenvalue weighted by Crippen LogP contribution is -2.16. The molecule has 0 bridgehead atoms. The third-order valence-electron chi connectivity index (χ3n) is 1.88. The second-order valence-electron chi connectivity index (χ2n) is 3.05. The van der Waals surface area contributed by atoms with Gasteiger partial charge in [-0.25, -0.2) is 0 Å². The SMILES string of the molecule is CCCNCCCc1occc1Br. The van der Waals surface area contributed by atoms with E-state index in [-0.39, 0.29) is 0 Å². The Balaban J connectivity index is 2.10. The first-order chi connectivity index (χ1) is 6.34. The van der Waals surface area contributed by atoms with E-state index in [2.05, 4.69) is 28.2 Å². The molecule has 0 radical (unpaired) electrons. The Hall–Kier alpha value is -0.280. The molecule has 0 saturated heterocycles. The number of halogens is 1. The lowest BCUT2D eigenvalue weighted by molar-refractivity contribution is 0.493. The summed E-state index contributed by atoms with van der Waals surface area (Å²) in [6, 6.07) is 1.94. The summed E-state index contributed by atoms with van der Waals surface area (Å²) in [5, 5.41) is 3.36. The standard InChI is InChI=1S/C10H16BrNO/c1-2-6-12-7-3-4-10-9(11)5-8-13-10/h5,8,12H,2-4,6-7H2,1H3. The molecule has 0 atom stereocenters. The van der Waals surface area contributed by atoms with Gasteiger partial charge in [0.15, 0.2) is 0 Å². The molecule has 1 N–H and O–H groups in total. The molecule has 1 aromatic rings. The van der Waals surface area contributed by atoms with Crippen LogP contribution in [0.4, 0.5) is 0 Å². The van der Waals surface area contributed by atoms with E-state index in [0.717, 1.165) is 36.2 Å². The average molecular weight is 246 g/mol. The third kappa shape index (κ3) is 3.96. The largest absolute Gasteiger partial charge is 0.468 e. The van der Waals surface area contributed by atoms with E-state index in [0.29, 0.717) is 0 Å². The minimum atomic E-state index is 1.00. The van der Waals surface area contributed by atoms with Crippen LogP contribution in [0.5, 0.6) is 0 Å². The Morgan fingerprint density at radius 1 is 1.46 bits per heavy atom. The Morgan fingerprint density at radius 3 is 2.92 bits per heavy atom. The van der Waals surface area contributed by atoms with Crippen molar-refractivity contribution in [3.8, 4) is 0 Å². The van der Waals surface area contributed by atoms with Crippen LogP contribution in [0.3, 0.4) is 0 Å². The summed E-state index contributed by atoms with van der Waals surface area (Å²) in [7, 11) is 0. The quantitative estimate of drug-likeness (QED) is 0.780. The van der Waals surface area contributed by atoms with E-state index < -0.39 is 0 Å². The molecule has 0 amide bonds. The molecule has 0 aliphatic rings. The summed E-state index contributed by atoms with van der Waals surface area (Å²) in [4.78, 5) is 0. The first-order valence-corrected chi connectivity index (χ1v) is 5.56. The van der Waals surface area contributed by atoms with E-state index in [1.807, 2.05) is 6.07 Å². The predicted molar refractivity (Wildman–Crippen MR) is 57.9 cm³/mol. The molecule has 1 aromatic heterocycles.